The van der Waals surface area contributed by atoms with Crippen LogP contribution in [0.25, 0.3) is 11.4 Å². The second-order valence-electron chi connectivity index (χ2n) is 7.06. The van der Waals surface area contributed by atoms with E-state index in [1.54, 1.807) is 42.9 Å². The van der Waals surface area contributed by atoms with Gasteiger partial charge in [0.15, 0.2) is 5.82 Å². The lowest BCUT2D eigenvalue weighted by Gasteiger charge is -2.32. The van der Waals surface area contributed by atoms with E-state index in [4.69, 9.17) is 4.98 Å². The van der Waals surface area contributed by atoms with Crippen molar-refractivity contribution in [2.75, 3.05) is 13.1 Å². The predicted molar refractivity (Wildman–Crippen MR) is 106 cm³/mol. The van der Waals surface area contributed by atoms with Crippen molar-refractivity contribution in [3.8, 4) is 17.1 Å². The molecule has 0 spiro atoms. The summed E-state index contributed by atoms with van der Waals surface area (Å²) in [5.41, 5.74) is 2.82. The number of carbonyl (C=O) groups is 1. The van der Waals surface area contributed by atoms with Gasteiger partial charge in [-0.05, 0) is 48.7 Å². The van der Waals surface area contributed by atoms with Crippen LogP contribution >= 0.6 is 0 Å². The molecule has 142 valence electrons. The Morgan fingerprint density at radius 2 is 1.86 bits per heavy atom. The van der Waals surface area contributed by atoms with E-state index in [9.17, 15) is 9.90 Å². The van der Waals surface area contributed by atoms with Crippen LogP contribution in [0.15, 0.2) is 61.1 Å². The zero-order valence-electron chi connectivity index (χ0n) is 15.5. The Morgan fingerprint density at radius 1 is 1.07 bits per heavy atom. The third kappa shape index (κ3) is 4.17. The highest BCUT2D eigenvalue weighted by Gasteiger charge is 2.26. The molecule has 0 unspecified atom stereocenters. The molecule has 1 aliphatic rings. The Kier molecular flexibility index (Phi) is 5.28. The standard InChI is InChI=1S/C22H22N4O2/c27-19-5-3-16(4-6-19)14-21(28)26-13-1-2-18(15-26)20-9-12-24-22(25-20)17-7-10-23-11-8-17/h3-12,18,27H,1-2,13-15H2/t18-/m1/s1. The van der Waals surface area contributed by atoms with Crippen molar-refractivity contribution in [1.29, 1.82) is 0 Å². The molecule has 1 amide bonds. The van der Waals surface area contributed by atoms with E-state index in [2.05, 4.69) is 9.97 Å². The van der Waals surface area contributed by atoms with Crippen LogP contribution in [0.5, 0.6) is 5.75 Å². The van der Waals surface area contributed by atoms with Crippen molar-refractivity contribution in [3.63, 3.8) is 0 Å². The fourth-order valence-electron chi connectivity index (χ4n) is 3.59. The number of hydrogen-bond acceptors (Lipinski definition) is 5. The summed E-state index contributed by atoms with van der Waals surface area (Å²) in [4.78, 5) is 27.8. The fraction of sp³-hybridized carbons (Fsp3) is 0.273. The maximum absolute atomic E-state index is 12.7. The van der Waals surface area contributed by atoms with Gasteiger partial charge in [0.2, 0.25) is 5.91 Å². The maximum Gasteiger partial charge on any atom is 0.227 e. The maximum atomic E-state index is 12.7. The molecule has 1 aliphatic heterocycles. The lowest BCUT2D eigenvalue weighted by atomic mass is 9.94. The number of carbonyl (C=O) groups excluding carboxylic acids is 1. The molecular weight excluding hydrogens is 352 g/mol. The topological polar surface area (TPSA) is 79.2 Å². The van der Waals surface area contributed by atoms with Crippen molar-refractivity contribution >= 4 is 5.91 Å². The molecule has 28 heavy (non-hydrogen) atoms. The molecule has 1 N–H and O–H groups in total. The molecule has 0 saturated carbocycles. The number of aromatic hydroxyl groups is 1. The van der Waals surface area contributed by atoms with Gasteiger partial charge in [-0.3, -0.25) is 9.78 Å². The van der Waals surface area contributed by atoms with Gasteiger partial charge in [0, 0.05) is 48.9 Å². The van der Waals surface area contributed by atoms with Gasteiger partial charge < -0.3 is 10.0 Å². The molecule has 6 heteroatoms. The van der Waals surface area contributed by atoms with Crippen molar-refractivity contribution < 1.29 is 9.90 Å². The first-order valence-electron chi connectivity index (χ1n) is 9.48. The number of phenolic OH excluding ortho intramolecular Hbond substituents is 1. The monoisotopic (exact) mass is 374 g/mol. The highest BCUT2D eigenvalue weighted by atomic mass is 16.3. The average molecular weight is 374 g/mol. The molecule has 1 fully saturated rings. The van der Waals surface area contributed by atoms with E-state index in [1.165, 1.54) is 0 Å². The first kappa shape index (κ1) is 18.1. The molecular formula is C22H22N4O2. The number of pyridine rings is 1. The van der Waals surface area contributed by atoms with Gasteiger partial charge in [-0.1, -0.05) is 12.1 Å². The summed E-state index contributed by atoms with van der Waals surface area (Å²) in [6, 6.07) is 12.6. The fourth-order valence-corrected chi connectivity index (χ4v) is 3.59. The second kappa shape index (κ2) is 8.17. The molecule has 2 aromatic heterocycles. The smallest absolute Gasteiger partial charge is 0.227 e. The molecule has 6 nitrogen and oxygen atoms in total. The minimum atomic E-state index is 0.110. The molecule has 3 heterocycles. The van der Waals surface area contributed by atoms with Crippen molar-refractivity contribution in [2.45, 2.75) is 25.2 Å². The molecule has 1 atom stereocenters. The van der Waals surface area contributed by atoms with Crippen LogP contribution in [0, 0.1) is 0 Å². The zero-order chi connectivity index (χ0) is 19.3. The number of likely N-dealkylation sites (tertiary alicyclic amines) is 1. The summed E-state index contributed by atoms with van der Waals surface area (Å²) in [7, 11) is 0. The summed E-state index contributed by atoms with van der Waals surface area (Å²) >= 11 is 0. The molecule has 0 aliphatic carbocycles. The van der Waals surface area contributed by atoms with Gasteiger partial charge >= 0.3 is 0 Å². The van der Waals surface area contributed by atoms with Gasteiger partial charge in [-0.15, -0.1) is 0 Å². The van der Waals surface area contributed by atoms with Crippen LogP contribution in [0.1, 0.15) is 30.0 Å². The SMILES string of the molecule is O=C(Cc1ccc(O)cc1)N1CCC[C@@H](c2ccnc(-c3ccncc3)n2)C1. The Morgan fingerprint density at radius 3 is 2.64 bits per heavy atom. The highest BCUT2D eigenvalue weighted by molar-refractivity contribution is 5.79. The minimum absolute atomic E-state index is 0.110. The Labute approximate surface area is 163 Å². The van der Waals surface area contributed by atoms with Crippen molar-refractivity contribution in [2.24, 2.45) is 0 Å². The molecule has 4 rings (SSSR count). The molecule has 1 aromatic carbocycles. The minimum Gasteiger partial charge on any atom is -0.508 e. The van der Waals surface area contributed by atoms with E-state index in [1.807, 2.05) is 23.1 Å². The van der Waals surface area contributed by atoms with Gasteiger partial charge in [0.25, 0.3) is 0 Å². The quantitative estimate of drug-likeness (QED) is 0.759. The molecule has 1 saturated heterocycles. The van der Waals surface area contributed by atoms with E-state index in [0.29, 0.717) is 18.8 Å². The van der Waals surface area contributed by atoms with Crippen LogP contribution in [-0.2, 0) is 11.2 Å². The van der Waals surface area contributed by atoms with Crippen LogP contribution in [-0.4, -0.2) is 44.0 Å². The van der Waals surface area contributed by atoms with Gasteiger partial charge in [0.1, 0.15) is 5.75 Å². The Balaban J connectivity index is 1.46. The highest BCUT2D eigenvalue weighted by Crippen LogP contribution is 2.27. The summed E-state index contributed by atoms with van der Waals surface area (Å²) in [5, 5.41) is 9.39. The number of aromatic nitrogens is 3. The lowest BCUT2D eigenvalue weighted by molar-refractivity contribution is -0.131. The number of phenols is 1. The summed E-state index contributed by atoms with van der Waals surface area (Å²) in [6.07, 6.45) is 7.57. The number of benzene rings is 1. The first-order chi connectivity index (χ1) is 13.7. The number of rotatable bonds is 4. The van der Waals surface area contributed by atoms with E-state index < -0.39 is 0 Å². The largest absolute Gasteiger partial charge is 0.508 e. The number of hydrogen-bond donors (Lipinski definition) is 1. The predicted octanol–water partition coefficient (Wildman–Crippen LogP) is 3.19. The lowest BCUT2D eigenvalue weighted by Crippen LogP contribution is -2.40. The van der Waals surface area contributed by atoms with Crippen LogP contribution in [0.3, 0.4) is 0 Å². The molecule has 3 aromatic rings. The third-order valence-corrected chi connectivity index (χ3v) is 5.10. The van der Waals surface area contributed by atoms with Gasteiger partial charge in [-0.25, -0.2) is 9.97 Å². The Hall–Kier alpha value is -3.28. The third-order valence-electron chi connectivity index (χ3n) is 5.10. The number of amides is 1. The van der Waals surface area contributed by atoms with E-state index in [-0.39, 0.29) is 17.6 Å². The summed E-state index contributed by atoms with van der Waals surface area (Å²) in [5.74, 6) is 1.22. The van der Waals surface area contributed by atoms with Crippen molar-refractivity contribution in [1.82, 2.24) is 19.9 Å². The molecule has 0 radical (unpaired) electrons. The average Bonchev–Trinajstić information content (AvgIpc) is 2.76. The zero-order valence-corrected chi connectivity index (χ0v) is 15.5. The van der Waals surface area contributed by atoms with Crippen LogP contribution in [0.4, 0.5) is 0 Å². The van der Waals surface area contributed by atoms with Crippen molar-refractivity contribution in [3.05, 3.63) is 72.3 Å². The van der Waals surface area contributed by atoms with Gasteiger partial charge in [0.05, 0.1) is 6.42 Å². The normalized spacial score (nSPS) is 16.7. The first-order valence-corrected chi connectivity index (χ1v) is 9.48. The number of nitrogens with zero attached hydrogens (tertiary/aromatic N) is 4. The van der Waals surface area contributed by atoms with Crippen LogP contribution in [0.2, 0.25) is 0 Å². The summed E-state index contributed by atoms with van der Waals surface area (Å²) < 4.78 is 0. The molecule has 0 bridgehead atoms. The number of piperidine rings is 1. The second-order valence-corrected chi connectivity index (χ2v) is 7.06. The van der Waals surface area contributed by atoms with E-state index >= 15 is 0 Å². The van der Waals surface area contributed by atoms with Gasteiger partial charge in [-0.2, -0.15) is 0 Å². The van der Waals surface area contributed by atoms with E-state index in [0.717, 1.165) is 36.2 Å². The Bertz CT molecular complexity index is 944. The summed E-state index contributed by atoms with van der Waals surface area (Å²) in [6.45, 7) is 1.44. The van der Waals surface area contributed by atoms with Crippen LogP contribution < -0.4 is 0 Å².